The lowest BCUT2D eigenvalue weighted by atomic mass is 10.0. The van der Waals surface area contributed by atoms with Crippen molar-refractivity contribution in [3.8, 4) is 5.75 Å². The number of rotatable bonds is 6. The zero-order valence-electron chi connectivity index (χ0n) is 14.4. The molecule has 3 nitrogen and oxygen atoms in total. The second kappa shape index (κ2) is 7.82. The number of hydrogen-bond acceptors (Lipinski definition) is 2. The van der Waals surface area contributed by atoms with Crippen molar-refractivity contribution < 1.29 is 9.53 Å². The van der Waals surface area contributed by atoms with E-state index < -0.39 is 0 Å². The van der Waals surface area contributed by atoms with Crippen LogP contribution in [-0.2, 0) is 19.4 Å². The summed E-state index contributed by atoms with van der Waals surface area (Å²) in [5, 5.41) is 3.03. The van der Waals surface area contributed by atoms with E-state index >= 15 is 0 Å². The van der Waals surface area contributed by atoms with Crippen molar-refractivity contribution >= 4 is 5.91 Å². The van der Waals surface area contributed by atoms with Gasteiger partial charge >= 0.3 is 0 Å². The van der Waals surface area contributed by atoms with Crippen LogP contribution in [0, 0.1) is 6.92 Å². The van der Waals surface area contributed by atoms with Crippen LogP contribution < -0.4 is 10.1 Å². The van der Waals surface area contributed by atoms with Crippen molar-refractivity contribution in [2.24, 2.45) is 0 Å². The minimum atomic E-state index is -0.0558. The summed E-state index contributed by atoms with van der Waals surface area (Å²) in [5.41, 5.74) is 5.40. The smallest absolute Gasteiger partial charge is 0.251 e. The van der Waals surface area contributed by atoms with Crippen LogP contribution in [0.3, 0.4) is 0 Å². The maximum Gasteiger partial charge on any atom is 0.251 e. The fourth-order valence-electron chi connectivity index (χ4n) is 2.71. The summed E-state index contributed by atoms with van der Waals surface area (Å²) in [6, 6.07) is 12.0. The summed E-state index contributed by atoms with van der Waals surface area (Å²) < 4.78 is 5.23. The van der Waals surface area contributed by atoms with Gasteiger partial charge in [0.2, 0.25) is 0 Å². The van der Waals surface area contributed by atoms with Crippen LogP contribution in [0.1, 0.15) is 46.5 Å². The molecule has 3 heteroatoms. The van der Waals surface area contributed by atoms with Crippen LogP contribution in [0.5, 0.6) is 5.75 Å². The molecule has 0 spiro atoms. The molecule has 0 radical (unpaired) electrons. The molecule has 0 heterocycles. The predicted molar refractivity (Wildman–Crippen MR) is 94.1 cm³/mol. The maximum absolute atomic E-state index is 12.4. The lowest BCUT2D eigenvalue weighted by Crippen LogP contribution is -2.23. The normalized spacial score (nSPS) is 10.4. The molecule has 0 atom stereocenters. The summed E-state index contributed by atoms with van der Waals surface area (Å²) in [5.74, 6) is 0.741. The Bertz CT molecular complexity index is 692. The SMILES string of the molecule is CCc1ccc(CC)c(CNC(=O)c2ccc(OC)c(C)c2)c1. The van der Waals surface area contributed by atoms with Crippen molar-refractivity contribution in [3.05, 3.63) is 64.2 Å². The average Bonchev–Trinajstić information content (AvgIpc) is 2.59. The van der Waals surface area contributed by atoms with Crippen molar-refractivity contribution in [2.75, 3.05) is 7.11 Å². The Balaban J connectivity index is 2.11. The lowest BCUT2D eigenvalue weighted by molar-refractivity contribution is 0.0950. The van der Waals surface area contributed by atoms with E-state index in [0.717, 1.165) is 24.2 Å². The topological polar surface area (TPSA) is 38.3 Å². The summed E-state index contributed by atoms with van der Waals surface area (Å²) in [7, 11) is 1.63. The van der Waals surface area contributed by atoms with Crippen LogP contribution in [0.25, 0.3) is 0 Å². The molecule has 0 aliphatic heterocycles. The van der Waals surface area contributed by atoms with Crippen LogP contribution in [0.2, 0.25) is 0 Å². The molecule has 0 saturated heterocycles. The van der Waals surface area contributed by atoms with Gasteiger partial charge in [-0.2, -0.15) is 0 Å². The molecule has 122 valence electrons. The molecule has 1 N–H and O–H groups in total. The van der Waals surface area contributed by atoms with Gasteiger partial charge in [-0.3, -0.25) is 4.79 Å². The van der Waals surface area contributed by atoms with E-state index in [1.54, 1.807) is 13.2 Å². The summed E-state index contributed by atoms with van der Waals surface area (Å²) >= 11 is 0. The Morgan fingerprint density at radius 2 is 1.83 bits per heavy atom. The van der Waals surface area contributed by atoms with E-state index in [2.05, 4.69) is 37.4 Å². The van der Waals surface area contributed by atoms with E-state index in [-0.39, 0.29) is 5.91 Å². The molecule has 0 aromatic heterocycles. The second-order valence-corrected chi connectivity index (χ2v) is 5.68. The largest absolute Gasteiger partial charge is 0.496 e. The third-order valence-electron chi connectivity index (χ3n) is 4.16. The number of benzene rings is 2. The third-order valence-corrected chi connectivity index (χ3v) is 4.16. The first kappa shape index (κ1) is 17.1. The molecule has 0 aliphatic rings. The zero-order valence-corrected chi connectivity index (χ0v) is 14.4. The van der Waals surface area contributed by atoms with Gasteiger partial charge in [-0.1, -0.05) is 32.0 Å². The minimum Gasteiger partial charge on any atom is -0.496 e. The third kappa shape index (κ3) is 4.13. The monoisotopic (exact) mass is 311 g/mol. The maximum atomic E-state index is 12.4. The number of nitrogens with one attached hydrogen (secondary N) is 1. The molecule has 2 aromatic rings. The molecule has 2 aromatic carbocycles. The first-order valence-corrected chi connectivity index (χ1v) is 8.12. The standard InChI is InChI=1S/C20H25NO2/c1-5-15-7-8-16(6-2)18(12-15)13-21-20(22)17-9-10-19(23-4)14(3)11-17/h7-12H,5-6,13H2,1-4H3,(H,21,22). The molecule has 1 amide bonds. The van der Waals surface area contributed by atoms with E-state index in [1.165, 1.54) is 16.7 Å². The number of aryl methyl sites for hydroxylation is 3. The van der Waals surface area contributed by atoms with E-state index in [0.29, 0.717) is 12.1 Å². The number of amides is 1. The Kier molecular flexibility index (Phi) is 5.80. The number of carbonyl (C=O) groups is 1. The molecular formula is C20H25NO2. The molecule has 0 saturated carbocycles. The van der Waals surface area contributed by atoms with Crippen molar-refractivity contribution in [2.45, 2.75) is 40.2 Å². The average molecular weight is 311 g/mol. The first-order chi connectivity index (χ1) is 11.1. The highest BCUT2D eigenvalue weighted by atomic mass is 16.5. The summed E-state index contributed by atoms with van der Waals surface area (Å²) in [6.45, 7) is 6.78. The van der Waals surface area contributed by atoms with Crippen molar-refractivity contribution in [3.63, 3.8) is 0 Å². The molecule has 2 rings (SSSR count). The molecule has 0 bridgehead atoms. The fraction of sp³-hybridized carbons (Fsp3) is 0.350. The van der Waals surface area contributed by atoms with Gasteiger partial charge < -0.3 is 10.1 Å². The van der Waals surface area contributed by atoms with Gasteiger partial charge in [0.05, 0.1) is 7.11 Å². The van der Waals surface area contributed by atoms with Crippen LogP contribution in [-0.4, -0.2) is 13.0 Å². The Morgan fingerprint density at radius 3 is 2.43 bits per heavy atom. The zero-order chi connectivity index (χ0) is 16.8. The highest BCUT2D eigenvalue weighted by Gasteiger charge is 2.09. The number of methoxy groups -OCH3 is 1. The predicted octanol–water partition coefficient (Wildman–Crippen LogP) is 4.06. The fourth-order valence-corrected chi connectivity index (χ4v) is 2.71. The number of carbonyl (C=O) groups excluding carboxylic acids is 1. The van der Waals surface area contributed by atoms with Gasteiger partial charge in [0.1, 0.15) is 5.75 Å². The molecular weight excluding hydrogens is 286 g/mol. The van der Waals surface area contributed by atoms with Gasteiger partial charge in [-0.15, -0.1) is 0 Å². The highest BCUT2D eigenvalue weighted by molar-refractivity contribution is 5.94. The van der Waals surface area contributed by atoms with Gasteiger partial charge in [0, 0.05) is 12.1 Å². The van der Waals surface area contributed by atoms with Crippen LogP contribution >= 0.6 is 0 Å². The van der Waals surface area contributed by atoms with Gasteiger partial charge in [-0.05, 0) is 60.2 Å². The van der Waals surface area contributed by atoms with Crippen molar-refractivity contribution in [1.29, 1.82) is 0 Å². The summed E-state index contributed by atoms with van der Waals surface area (Å²) in [6.07, 6.45) is 1.97. The molecule has 0 aliphatic carbocycles. The van der Waals surface area contributed by atoms with Gasteiger partial charge in [0.15, 0.2) is 0 Å². The van der Waals surface area contributed by atoms with Crippen LogP contribution in [0.4, 0.5) is 0 Å². The summed E-state index contributed by atoms with van der Waals surface area (Å²) in [4.78, 5) is 12.4. The van der Waals surface area contributed by atoms with Gasteiger partial charge in [-0.25, -0.2) is 0 Å². The molecule has 23 heavy (non-hydrogen) atoms. The molecule has 0 fully saturated rings. The van der Waals surface area contributed by atoms with Gasteiger partial charge in [0.25, 0.3) is 5.91 Å². The lowest BCUT2D eigenvalue weighted by Gasteiger charge is -2.12. The van der Waals surface area contributed by atoms with Crippen molar-refractivity contribution in [1.82, 2.24) is 5.32 Å². The Morgan fingerprint density at radius 1 is 1.04 bits per heavy atom. The Labute approximate surface area is 138 Å². The first-order valence-electron chi connectivity index (χ1n) is 8.12. The number of hydrogen-bond donors (Lipinski definition) is 1. The number of ether oxygens (including phenoxy) is 1. The van der Waals surface area contributed by atoms with E-state index in [1.807, 2.05) is 19.1 Å². The second-order valence-electron chi connectivity index (χ2n) is 5.68. The minimum absolute atomic E-state index is 0.0558. The Hall–Kier alpha value is -2.29. The van der Waals surface area contributed by atoms with E-state index in [4.69, 9.17) is 4.74 Å². The van der Waals surface area contributed by atoms with E-state index in [9.17, 15) is 4.79 Å². The molecule has 0 unspecified atom stereocenters. The van der Waals surface area contributed by atoms with Crippen LogP contribution in [0.15, 0.2) is 36.4 Å². The highest BCUT2D eigenvalue weighted by Crippen LogP contribution is 2.19. The quantitative estimate of drug-likeness (QED) is 0.873.